The summed E-state index contributed by atoms with van der Waals surface area (Å²) in [5.74, 6) is -0.811. The normalized spacial score (nSPS) is 31.6. The van der Waals surface area contributed by atoms with Crippen molar-refractivity contribution in [3.63, 3.8) is 0 Å². The fraction of sp³-hybridized carbons (Fsp3) is 0.571. The first-order valence-electron chi connectivity index (χ1n) is 8.13. The molecule has 142 valence electrons. The minimum Gasteiger partial charge on any atom is -0.387 e. The van der Waals surface area contributed by atoms with Gasteiger partial charge in [0.25, 0.3) is 5.56 Å². The SMILES string of the molecule is CC(C)C(=O)Nc1nc2c(ncn2[C@@H]2O[C@@H]3C(O)[C@]3(F)C2N=[N+]=[N-])c(=O)[nH]1. The van der Waals surface area contributed by atoms with Crippen molar-refractivity contribution in [1.29, 1.82) is 0 Å². The fourth-order valence-electron chi connectivity index (χ4n) is 3.15. The number of aliphatic hydroxyl groups excluding tert-OH is 1. The number of carbonyl (C=O) groups excluding carboxylic acids is 1. The number of aromatic amines is 1. The molecule has 3 N–H and O–H groups in total. The van der Waals surface area contributed by atoms with Crippen molar-refractivity contribution in [2.45, 2.75) is 44.0 Å². The lowest BCUT2D eigenvalue weighted by Gasteiger charge is -2.21. The molecule has 0 bridgehead atoms. The summed E-state index contributed by atoms with van der Waals surface area (Å²) < 4.78 is 21.5. The summed E-state index contributed by atoms with van der Waals surface area (Å²) in [4.78, 5) is 37.2. The summed E-state index contributed by atoms with van der Waals surface area (Å²) in [6.07, 6.45) is -2.48. The van der Waals surface area contributed by atoms with Gasteiger partial charge in [0.15, 0.2) is 16.8 Å². The average molecular weight is 378 g/mol. The summed E-state index contributed by atoms with van der Waals surface area (Å²) >= 11 is 0. The van der Waals surface area contributed by atoms with Crippen molar-refractivity contribution in [2.75, 3.05) is 5.32 Å². The van der Waals surface area contributed by atoms with Gasteiger partial charge in [-0.3, -0.25) is 24.5 Å². The molecule has 1 amide bonds. The number of nitrogens with zero attached hydrogens (tertiary/aromatic N) is 6. The van der Waals surface area contributed by atoms with E-state index in [9.17, 15) is 19.1 Å². The predicted molar refractivity (Wildman–Crippen MR) is 88.3 cm³/mol. The molecule has 2 fully saturated rings. The third-order valence-corrected chi connectivity index (χ3v) is 4.72. The average Bonchev–Trinajstić information content (AvgIpc) is 2.94. The standard InChI is InChI=1S/C14H15FN8O4/c1-4(2)10(25)19-13-18-9-5(11(26)20-13)17-3-23(9)12-6(21-22-16)14(15)7(24)8(14)27-12/h3-4,6-8,12,24H,1-2H3,(H2,18,19,20,25,26)/t6?,7?,8-,12-,14-/m1/s1. The maximum Gasteiger partial charge on any atom is 0.280 e. The third-order valence-electron chi connectivity index (χ3n) is 4.72. The van der Waals surface area contributed by atoms with E-state index in [0.29, 0.717) is 0 Å². The lowest BCUT2D eigenvalue weighted by molar-refractivity contribution is -0.118. The monoisotopic (exact) mass is 378 g/mol. The number of halogens is 1. The Kier molecular flexibility index (Phi) is 3.70. The predicted octanol–water partition coefficient (Wildman–Crippen LogP) is 0.373. The molecule has 27 heavy (non-hydrogen) atoms. The van der Waals surface area contributed by atoms with E-state index in [2.05, 4.69) is 30.3 Å². The van der Waals surface area contributed by atoms with Crippen LogP contribution in [0.1, 0.15) is 20.1 Å². The van der Waals surface area contributed by atoms with Gasteiger partial charge < -0.3 is 9.84 Å². The lowest BCUT2D eigenvalue weighted by Crippen LogP contribution is -2.32. The molecule has 2 aromatic heterocycles. The van der Waals surface area contributed by atoms with Gasteiger partial charge in [-0.05, 0) is 5.53 Å². The van der Waals surface area contributed by atoms with Gasteiger partial charge in [0, 0.05) is 10.8 Å². The Balaban J connectivity index is 1.77. The summed E-state index contributed by atoms with van der Waals surface area (Å²) in [5.41, 5.74) is 5.88. The molecule has 1 aliphatic heterocycles. The van der Waals surface area contributed by atoms with Crippen molar-refractivity contribution in [3.05, 3.63) is 27.1 Å². The highest BCUT2D eigenvalue weighted by Crippen LogP contribution is 2.58. The van der Waals surface area contributed by atoms with Crippen LogP contribution in [0.3, 0.4) is 0 Å². The molecule has 4 rings (SSSR count). The van der Waals surface area contributed by atoms with Crippen LogP contribution >= 0.6 is 0 Å². The molecule has 1 saturated carbocycles. The maximum atomic E-state index is 14.8. The van der Waals surface area contributed by atoms with Crippen molar-refractivity contribution in [3.8, 4) is 0 Å². The molecule has 0 aromatic carbocycles. The topological polar surface area (TPSA) is 171 Å². The van der Waals surface area contributed by atoms with E-state index in [1.807, 2.05) is 0 Å². The zero-order valence-electron chi connectivity index (χ0n) is 14.2. The smallest absolute Gasteiger partial charge is 0.280 e. The number of H-pyrrole nitrogens is 1. The van der Waals surface area contributed by atoms with Crippen LogP contribution in [-0.2, 0) is 9.53 Å². The Morgan fingerprint density at radius 3 is 3.04 bits per heavy atom. The van der Waals surface area contributed by atoms with Gasteiger partial charge in [-0.2, -0.15) is 4.98 Å². The molecule has 2 aliphatic rings. The Bertz CT molecular complexity index is 1040. The van der Waals surface area contributed by atoms with Gasteiger partial charge >= 0.3 is 0 Å². The van der Waals surface area contributed by atoms with Crippen LogP contribution in [0.2, 0.25) is 0 Å². The van der Waals surface area contributed by atoms with Crippen LogP contribution in [0.25, 0.3) is 21.6 Å². The third kappa shape index (κ3) is 2.40. The number of anilines is 1. The van der Waals surface area contributed by atoms with Crippen molar-refractivity contribution >= 4 is 23.0 Å². The van der Waals surface area contributed by atoms with Crippen LogP contribution < -0.4 is 10.9 Å². The first kappa shape index (κ1) is 17.4. The van der Waals surface area contributed by atoms with E-state index in [4.69, 9.17) is 10.3 Å². The summed E-state index contributed by atoms with van der Waals surface area (Å²) in [6, 6.07) is -1.37. The van der Waals surface area contributed by atoms with Crippen LogP contribution in [0.4, 0.5) is 10.3 Å². The highest BCUT2D eigenvalue weighted by Gasteiger charge is 2.78. The summed E-state index contributed by atoms with van der Waals surface area (Å²) in [5, 5.41) is 15.5. The van der Waals surface area contributed by atoms with Crippen molar-refractivity contribution < 1.29 is 19.0 Å². The Labute approximate surface area is 150 Å². The highest BCUT2D eigenvalue weighted by atomic mass is 19.1. The molecule has 0 spiro atoms. The number of ether oxygens (including phenoxy) is 1. The first-order chi connectivity index (χ1) is 12.8. The van der Waals surface area contributed by atoms with Gasteiger partial charge in [-0.1, -0.05) is 19.0 Å². The molecule has 2 unspecified atom stereocenters. The first-order valence-corrected chi connectivity index (χ1v) is 8.13. The van der Waals surface area contributed by atoms with Crippen LogP contribution in [0.15, 0.2) is 16.2 Å². The second-order valence-electron chi connectivity index (χ2n) is 6.75. The summed E-state index contributed by atoms with van der Waals surface area (Å²) in [7, 11) is 0. The number of carbonyl (C=O) groups is 1. The zero-order chi connectivity index (χ0) is 19.5. The second kappa shape index (κ2) is 5.74. The number of hydrogen-bond acceptors (Lipinski definition) is 7. The molecule has 12 nitrogen and oxygen atoms in total. The Hall–Kier alpha value is -3.02. The number of amides is 1. The largest absolute Gasteiger partial charge is 0.387 e. The number of rotatable bonds is 4. The fourth-order valence-corrected chi connectivity index (χ4v) is 3.15. The van der Waals surface area contributed by atoms with Gasteiger partial charge in [0.05, 0.1) is 6.33 Å². The van der Waals surface area contributed by atoms with E-state index in [1.54, 1.807) is 13.8 Å². The molecule has 3 heterocycles. The van der Waals surface area contributed by atoms with Crippen molar-refractivity contribution in [1.82, 2.24) is 19.5 Å². The minimum atomic E-state index is -2.20. The number of aromatic nitrogens is 4. The molecule has 13 heteroatoms. The van der Waals surface area contributed by atoms with Crippen LogP contribution in [0.5, 0.6) is 0 Å². The second-order valence-corrected chi connectivity index (χ2v) is 6.75. The lowest BCUT2D eigenvalue weighted by atomic mass is 10.1. The molecule has 1 aliphatic carbocycles. The van der Waals surface area contributed by atoms with E-state index >= 15 is 0 Å². The molecule has 0 radical (unpaired) electrons. The highest BCUT2D eigenvalue weighted by molar-refractivity contribution is 5.91. The number of hydrogen-bond donors (Lipinski definition) is 3. The van der Waals surface area contributed by atoms with Crippen LogP contribution in [0, 0.1) is 5.92 Å². The van der Waals surface area contributed by atoms with E-state index in [1.165, 1.54) is 10.9 Å². The number of nitrogens with one attached hydrogen (secondary N) is 2. The minimum absolute atomic E-state index is 0.0142. The van der Waals surface area contributed by atoms with Gasteiger partial charge in [0.2, 0.25) is 11.9 Å². The number of imidazole rings is 1. The van der Waals surface area contributed by atoms with Gasteiger partial charge in [-0.15, -0.1) is 0 Å². The number of alkyl halides is 1. The van der Waals surface area contributed by atoms with Gasteiger partial charge in [-0.25, -0.2) is 9.37 Å². The number of azide groups is 1. The molecule has 5 atom stereocenters. The van der Waals surface area contributed by atoms with Crippen molar-refractivity contribution in [2.24, 2.45) is 11.0 Å². The van der Waals surface area contributed by atoms with Gasteiger partial charge in [0.1, 0.15) is 24.5 Å². The quantitative estimate of drug-likeness (QED) is 0.394. The summed E-state index contributed by atoms with van der Waals surface area (Å²) in [6.45, 7) is 3.34. The Morgan fingerprint density at radius 1 is 1.63 bits per heavy atom. The number of fused-ring (bicyclic) bond motifs is 2. The maximum absolute atomic E-state index is 14.8. The molecule has 1 saturated heterocycles. The van der Waals surface area contributed by atoms with E-state index < -0.39 is 35.7 Å². The number of aliphatic hydroxyl groups is 1. The van der Waals surface area contributed by atoms with E-state index in [-0.39, 0.29) is 28.9 Å². The van der Waals surface area contributed by atoms with E-state index in [0.717, 1.165) is 0 Å². The molecule has 2 aromatic rings. The molecular weight excluding hydrogens is 363 g/mol. The molecular formula is C14H15FN8O4. The zero-order valence-corrected chi connectivity index (χ0v) is 14.2. The Morgan fingerprint density at radius 2 is 2.37 bits per heavy atom. The van der Waals surface area contributed by atoms with Crippen LogP contribution in [-0.4, -0.2) is 54.5 Å².